The van der Waals surface area contributed by atoms with Gasteiger partial charge in [-0.25, -0.2) is 0 Å². The molecule has 0 fully saturated rings. The molecule has 0 spiro atoms. The summed E-state index contributed by atoms with van der Waals surface area (Å²) in [6.45, 7) is 15.4. The predicted octanol–water partition coefficient (Wildman–Crippen LogP) is 5.95. The number of anilines is 1. The molecule has 1 aliphatic rings. The molecule has 2 rings (SSSR count). The summed E-state index contributed by atoms with van der Waals surface area (Å²) in [4.78, 5) is 2.26. The molecule has 0 amide bonds. The van der Waals surface area contributed by atoms with Crippen molar-refractivity contribution in [2.75, 3.05) is 4.90 Å². The molecule has 0 saturated heterocycles. The van der Waals surface area contributed by atoms with E-state index in [1.165, 1.54) is 28.8 Å². The summed E-state index contributed by atoms with van der Waals surface area (Å²) < 4.78 is 0. The maximum Gasteiger partial charge on any atom is 0.0499 e. The molecule has 0 N–H and O–H groups in total. The van der Waals surface area contributed by atoms with E-state index in [-0.39, 0.29) is 5.41 Å². The van der Waals surface area contributed by atoms with Gasteiger partial charge in [0.25, 0.3) is 0 Å². The van der Waals surface area contributed by atoms with Crippen molar-refractivity contribution >= 4 is 11.8 Å². The van der Waals surface area contributed by atoms with Gasteiger partial charge >= 0.3 is 0 Å². The third kappa shape index (κ3) is 2.57. The van der Waals surface area contributed by atoms with Crippen LogP contribution in [0.1, 0.15) is 57.2 Å². The molecule has 112 valence electrons. The molecule has 1 heteroatoms. The minimum Gasteiger partial charge on any atom is -0.321 e. The fourth-order valence-corrected chi connectivity index (χ4v) is 3.06. The number of benzene rings is 1. The summed E-state index contributed by atoms with van der Waals surface area (Å²) >= 11 is 0. The second-order valence-electron chi connectivity index (χ2n) is 6.31. The predicted molar refractivity (Wildman–Crippen MR) is 94.6 cm³/mol. The van der Waals surface area contributed by atoms with Gasteiger partial charge in [-0.2, -0.15) is 0 Å². The molecular formula is C20H27N. The van der Waals surface area contributed by atoms with Crippen LogP contribution in [0.2, 0.25) is 0 Å². The second kappa shape index (κ2) is 5.93. The Morgan fingerprint density at radius 3 is 2.62 bits per heavy atom. The molecule has 0 saturated carbocycles. The van der Waals surface area contributed by atoms with Crippen molar-refractivity contribution in [2.24, 2.45) is 0 Å². The zero-order valence-electron chi connectivity index (χ0n) is 14.0. The molecule has 0 aliphatic carbocycles. The summed E-state index contributed by atoms with van der Waals surface area (Å²) in [6, 6.07) is 4.44. The Morgan fingerprint density at radius 2 is 2.00 bits per heavy atom. The number of fused-ring (bicyclic) bond motifs is 1. The van der Waals surface area contributed by atoms with E-state index >= 15 is 0 Å². The van der Waals surface area contributed by atoms with Gasteiger partial charge in [-0.15, -0.1) is 0 Å². The van der Waals surface area contributed by atoms with Crippen LogP contribution < -0.4 is 4.90 Å². The van der Waals surface area contributed by atoms with Gasteiger partial charge in [0.1, 0.15) is 0 Å². The first-order valence-corrected chi connectivity index (χ1v) is 7.87. The summed E-state index contributed by atoms with van der Waals surface area (Å²) in [7, 11) is 0. The normalized spacial score (nSPS) is 17.2. The second-order valence-corrected chi connectivity index (χ2v) is 6.31. The number of hydrogen-bond donors (Lipinski definition) is 0. The average molecular weight is 281 g/mol. The molecule has 1 aliphatic heterocycles. The van der Waals surface area contributed by atoms with Gasteiger partial charge in [0.15, 0.2) is 0 Å². The maximum atomic E-state index is 4.36. The van der Waals surface area contributed by atoms with Crippen LogP contribution in [0.4, 0.5) is 5.69 Å². The highest BCUT2D eigenvalue weighted by Crippen LogP contribution is 2.49. The lowest BCUT2D eigenvalue weighted by Gasteiger charge is -2.24. The number of hydrogen-bond acceptors (Lipinski definition) is 1. The van der Waals surface area contributed by atoms with Crippen LogP contribution in [0.25, 0.3) is 6.08 Å². The molecule has 0 unspecified atom stereocenters. The van der Waals surface area contributed by atoms with Crippen LogP contribution in [0.5, 0.6) is 0 Å². The summed E-state index contributed by atoms with van der Waals surface area (Å²) in [5.74, 6) is 0. The first kappa shape index (κ1) is 15.6. The summed E-state index contributed by atoms with van der Waals surface area (Å²) in [6.07, 6.45) is 11.1. The Morgan fingerprint density at radius 1 is 1.29 bits per heavy atom. The minimum atomic E-state index is -0.0350. The number of rotatable bonds is 4. The van der Waals surface area contributed by atoms with Crippen molar-refractivity contribution in [3.63, 3.8) is 0 Å². The van der Waals surface area contributed by atoms with Crippen LogP contribution in [-0.2, 0) is 5.41 Å². The Balaban J connectivity index is 2.61. The number of nitrogens with zero attached hydrogens (tertiary/aromatic N) is 1. The van der Waals surface area contributed by atoms with E-state index < -0.39 is 0 Å². The lowest BCUT2D eigenvalue weighted by molar-refractivity contribution is 0.644. The number of aryl methyl sites for hydroxylation is 1. The van der Waals surface area contributed by atoms with E-state index in [1.54, 1.807) is 0 Å². The van der Waals surface area contributed by atoms with Gasteiger partial charge < -0.3 is 4.90 Å². The summed E-state index contributed by atoms with van der Waals surface area (Å²) in [5, 5.41) is 0. The molecule has 1 nitrogen and oxygen atoms in total. The molecule has 0 radical (unpaired) electrons. The highest BCUT2D eigenvalue weighted by Gasteiger charge is 2.39. The molecule has 0 bridgehead atoms. The van der Waals surface area contributed by atoms with Crippen LogP contribution >= 0.6 is 0 Å². The van der Waals surface area contributed by atoms with Crippen LogP contribution in [0, 0.1) is 6.92 Å². The van der Waals surface area contributed by atoms with Gasteiger partial charge in [-0.05, 0) is 43.0 Å². The van der Waals surface area contributed by atoms with E-state index in [4.69, 9.17) is 0 Å². The van der Waals surface area contributed by atoms with E-state index in [1.807, 2.05) is 0 Å². The van der Waals surface area contributed by atoms with Crippen molar-refractivity contribution < 1.29 is 0 Å². The van der Waals surface area contributed by atoms with Crippen LogP contribution in [0.3, 0.4) is 0 Å². The number of allylic oxidation sites excluding steroid dienone is 3. The topological polar surface area (TPSA) is 3.24 Å². The van der Waals surface area contributed by atoms with Gasteiger partial charge in [0, 0.05) is 23.0 Å². The fraction of sp³-hybridized carbons (Fsp3) is 0.400. The molecular weight excluding hydrogens is 254 g/mol. The third-order valence-electron chi connectivity index (χ3n) is 4.38. The van der Waals surface area contributed by atoms with E-state index in [9.17, 15) is 0 Å². The van der Waals surface area contributed by atoms with Gasteiger partial charge in [-0.3, -0.25) is 0 Å². The number of unbranched alkanes of at least 4 members (excludes halogenated alkanes) is 1. The van der Waals surface area contributed by atoms with E-state index in [0.717, 1.165) is 12.1 Å². The maximum absolute atomic E-state index is 4.36. The van der Waals surface area contributed by atoms with E-state index in [0.29, 0.717) is 0 Å². The largest absolute Gasteiger partial charge is 0.321 e. The fourth-order valence-electron chi connectivity index (χ4n) is 3.06. The van der Waals surface area contributed by atoms with Gasteiger partial charge in [0.2, 0.25) is 0 Å². The third-order valence-corrected chi connectivity index (χ3v) is 4.38. The van der Waals surface area contributed by atoms with Gasteiger partial charge in [0.05, 0.1) is 0 Å². The molecule has 1 aromatic carbocycles. The van der Waals surface area contributed by atoms with Crippen molar-refractivity contribution in [1.82, 2.24) is 0 Å². The zero-order valence-corrected chi connectivity index (χ0v) is 14.0. The SMILES string of the molecule is C=C1N(C=CCCC)c2ccc(C)c(C=CC)c2C1(C)C. The smallest absolute Gasteiger partial charge is 0.0499 e. The van der Waals surface area contributed by atoms with Crippen molar-refractivity contribution in [3.8, 4) is 0 Å². The quantitative estimate of drug-likeness (QED) is 0.659. The lowest BCUT2D eigenvalue weighted by atomic mass is 9.80. The summed E-state index contributed by atoms with van der Waals surface area (Å²) in [5.41, 5.74) is 6.45. The van der Waals surface area contributed by atoms with Crippen molar-refractivity contribution in [3.05, 3.63) is 59.5 Å². The molecule has 21 heavy (non-hydrogen) atoms. The minimum absolute atomic E-state index is 0.0350. The zero-order chi connectivity index (χ0) is 15.6. The highest BCUT2D eigenvalue weighted by atomic mass is 15.2. The standard InChI is InChI=1S/C20H27N/c1-7-9-10-14-21-16(4)20(5,6)19-17(11-8-2)15(3)12-13-18(19)21/h8,10-14H,4,7,9H2,1-3,5-6H3. The van der Waals surface area contributed by atoms with E-state index in [2.05, 4.69) is 82.7 Å². The Hall–Kier alpha value is -1.76. The van der Waals surface area contributed by atoms with Crippen molar-refractivity contribution in [1.29, 1.82) is 0 Å². The molecule has 1 aromatic rings. The first-order chi connectivity index (χ1) is 9.95. The Bertz CT molecular complexity index is 603. The average Bonchev–Trinajstić information content (AvgIpc) is 2.63. The molecule has 1 heterocycles. The van der Waals surface area contributed by atoms with Crippen molar-refractivity contribution in [2.45, 2.75) is 52.9 Å². The monoisotopic (exact) mass is 281 g/mol. The van der Waals surface area contributed by atoms with Gasteiger partial charge in [-0.1, -0.05) is 58.1 Å². The molecule has 0 atom stereocenters. The molecule has 0 aromatic heterocycles. The first-order valence-electron chi connectivity index (χ1n) is 7.87. The van der Waals surface area contributed by atoms with Crippen LogP contribution in [0.15, 0.2) is 42.8 Å². The lowest BCUT2D eigenvalue weighted by Crippen LogP contribution is -2.21. The Labute approximate surface area is 129 Å². The Kier molecular flexibility index (Phi) is 4.41. The highest BCUT2D eigenvalue weighted by molar-refractivity contribution is 5.79. The van der Waals surface area contributed by atoms with Crippen LogP contribution in [-0.4, -0.2) is 0 Å².